The van der Waals surface area contributed by atoms with Gasteiger partial charge < -0.3 is 10.1 Å². The van der Waals surface area contributed by atoms with Gasteiger partial charge in [0.1, 0.15) is 0 Å². The summed E-state index contributed by atoms with van der Waals surface area (Å²) < 4.78 is 5.70. The molecule has 2 saturated heterocycles. The van der Waals surface area contributed by atoms with Gasteiger partial charge in [0.2, 0.25) is 5.91 Å². The number of amides is 1. The monoisotopic (exact) mass is 197 g/mol. The van der Waals surface area contributed by atoms with Crippen LogP contribution < -0.4 is 5.32 Å². The van der Waals surface area contributed by atoms with Gasteiger partial charge in [0, 0.05) is 24.0 Å². The van der Waals surface area contributed by atoms with Crippen LogP contribution in [0, 0.1) is 11.8 Å². The van der Waals surface area contributed by atoms with Gasteiger partial charge in [-0.2, -0.15) is 0 Å². The van der Waals surface area contributed by atoms with Crippen LogP contribution in [0.15, 0.2) is 0 Å². The van der Waals surface area contributed by atoms with Crippen LogP contribution in [-0.4, -0.2) is 24.2 Å². The van der Waals surface area contributed by atoms with E-state index in [1.165, 1.54) is 0 Å². The maximum absolute atomic E-state index is 11.6. The topological polar surface area (TPSA) is 38.3 Å². The van der Waals surface area contributed by atoms with Gasteiger partial charge in [0.05, 0.1) is 6.10 Å². The van der Waals surface area contributed by atoms with E-state index >= 15 is 0 Å². The Hall–Kier alpha value is -0.570. The number of rotatable bonds is 1. The average Bonchev–Trinajstić information content (AvgIpc) is 2.60. The lowest BCUT2D eigenvalue weighted by Gasteiger charge is -2.32. The maximum atomic E-state index is 11.6. The molecule has 0 spiro atoms. The molecule has 3 heteroatoms. The Morgan fingerprint density at radius 1 is 1.50 bits per heavy atom. The second-order valence-electron chi connectivity index (χ2n) is 5.08. The van der Waals surface area contributed by atoms with Gasteiger partial charge in [0.15, 0.2) is 0 Å². The lowest BCUT2D eigenvalue weighted by atomic mass is 9.78. The molecule has 0 aromatic carbocycles. The third-order valence-corrected chi connectivity index (χ3v) is 3.60. The summed E-state index contributed by atoms with van der Waals surface area (Å²) in [6.07, 6.45) is 2.52. The SMILES string of the molecule is CC1C(=O)NC(C)(C)C1C1CCCO1. The highest BCUT2D eigenvalue weighted by molar-refractivity contribution is 5.82. The Bertz CT molecular complexity index is 244. The van der Waals surface area contributed by atoms with Gasteiger partial charge in [0.25, 0.3) is 0 Å². The van der Waals surface area contributed by atoms with E-state index in [-0.39, 0.29) is 23.5 Å². The van der Waals surface area contributed by atoms with Crippen molar-refractivity contribution in [1.82, 2.24) is 5.32 Å². The molecule has 0 aromatic heterocycles. The van der Waals surface area contributed by atoms with Gasteiger partial charge in [-0.1, -0.05) is 6.92 Å². The second kappa shape index (κ2) is 3.23. The van der Waals surface area contributed by atoms with Crippen molar-refractivity contribution >= 4 is 5.91 Å². The molecule has 0 aliphatic carbocycles. The molecule has 3 atom stereocenters. The summed E-state index contributed by atoms with van der Waals surface area (Å²) >= 11 is 0. The summed E-state index contributed by atoms with van der Waals surface area (Å²) in [5.74, 6) is 0.598. The van der Waals surface area contributed by atoms with Gasteiger partial charge in [-0.15, -0.1) is 0 Å². The number of nitrogens with one attached hydrogen (secondary N) is 1. The van der Waals surface area contributed by atoms with Crippen LogP contribution >= 0.6 is 0 Å². The second-order valence-corrected chi connectivity index (χ2v) is 5.08. The van der Waals surface area contributed by atoms with E-state index in [1.54, 1.807) is 0 Å². The molecule has 1 amide bonds. The molecule has 80 valence electrons. The fourth-order valence-electron chi connectivity index (χ4n) is 2.98. The molecule has 0 saturated carbocycles. The Morgan fingerprint density at radius 2 is 2.21 bits per heavy atom. The molecule has 2 rings (SSSR count). The van der Waals surface area contributed by atoms with Crippen LogP contribution in [0.5, 0.6) is 0 Å². The molecule has 2 fully saturated rings. The lowest BCUT2D eigenvalue weighted by Crippen LogP contribution is -2.44. The third-order valence-electron chi connectivity index (χ3n) is 3.60. The Labute approximate surface area is 85.2 Å². The standard InChI is InChI=1S/C11H19NO2/c1-7-9(8-5-4-6-14-8)11(2,3)12-10(7)13/h7-9H,4-6H2,1-3H3,(H,12,13). The quantitative estimate of drug-likeness (QED) is 0.688. The molecule has 2 aliphatic heterocycles. The molecule has 2 aliphatic rings. The fraction of sp³-hybridized carbons (Fsp3) is 0.909. The normalized spacial score (nSPS) is 41.4. The number of hydrogen-bond donors (Lipinski definition) is 1. The minimum atomic E-state index is -0.106. The molecule has 3 unspecified atom stereocenters. The van der Waals surface area contributed by atoms with Crippen LogP contribution in [0.3, 0.4) is 0 Å². The van der Waals surface area contributed by atoms with E-state index in [0.29, 0.717) is 5.92 Å². The van der Waals surface area contributed by atoms with E-state index in [0.717, 1.165) is 19.4 Å². The molecule has 0 radical (unpaired) electrons. The zero-order chi connectivity index (χ0) is 10.3. The smallest absolute Gasteiger partial charge is 0.223 e. The van der Waals surface area contributed by atoms with Crippen molar-refractivity contribution in [3.8, 4) is 0 Å². The number of carbonyl (C=O) groups is 1. The zero-order valence-corrected chi connectivity index (χ0v) is 9.17. The van der Waals surface area contributed by atoms with Crippen molar-refractivity contribution in [2.45, 2.75) is 45.3 Å². The molecule has 0 aromatic rings. The van der Waals surface area contributed by atoms with Crippen molar-refractivity contribution in [1.29, 1.82) is 0 Å². The van der Waals surface area contributed by atoms with E-state index in [4.69, 9.17) is 4.74 Å². The molecule has 1 N–H and O–H groups in total. The summed E-state index contributed by atoms with van der Waals surface area (Å²) in [6.45, 7) is 7.07. The Kier molecular flexibility index (Phi) is 2.30. The first-order chi connectivity index (χ1) is 6.52. The first-order valence-corrected chi connectivity index (χ1v) is 5.46. The van der Waals surface area contributed by atoms with Gasteiger partial charge in [-0.25, -0.2) is 0 Å². The Balaban J connectivity index is 2.18. The van der Waals surface area contributed by atoms with E-state index in [9.17, 15) is 4.79 Å². The van der Waals surface area contributed by atoms with Crippen LogP contribution in [0.2, 0.25) is 0 Å². The summed E-state index contributed by atoms with van der Waals surface area (Å²) in [4.78, 5) is 11.6. The number of carbonyl (C=O) groups excluding carboxylic acids is 1. The summed E-state index contributed by atoms with van der Waals surface area (Å²) in [7, 11) is 0. The Morgan fingerprint density at radius 3 is 2.64 bits per heavy atom. The predicted molar refractivity (Wildman–Crippen MR) is 53.8 cm³/mol. The minimum absolute atomic E-state index is 0.0908. The zero-order valence-electron chi connectivity index (χ0n) is 9.17. The molecule has 14 heavy (non-hydrogen) atoms. The van der Waals surface area contributed by atoms with Crippen LogP contribution in [0.1, 0.15) is 33.6 Å². The van der Waals surface area contributed by atoms with E-state index in [1.807, 2.05) is 6.92 Å². The van der Waals surface area contributed by atoms with Gasteiger partial charge in [-0.3, -0.25) is 4.79 Å². The van der Waals surface area contributed by atoms with Crippen molar-refractivity contribution in [2.24, 2.45) is 11.8 Å². The molecule has 2 heterocycles. The predicted octanol–water partition coefficient (Wildman–Crippen LogP) is 1.33. The summed E-state index contributed by atoms with van der Waals surface area (Å²) in [6, 6.07) is 0. The first kappa shape index (κ1) is 9.97. The van der Waals surface area contributed by atoms with Crippen LogP contribution in [0.4, 0.5) is 0 Å². The van der Waals surface area contributed by atoms with Crippen molar-refractivity contribution in [2.75, 3.05) is 6.61 Å². The highest BCUT2D eigenvalue weighted by atomic mass is 16.5. The van der Waals surface area contributed by atoms with E-state index in [2.05, 4.69) is 19.2 Å². The highest BCUT2D eigenvalue weighted by Crippen LogP contribution is 2.38. The summed E-state index contributed by atoms with van der Waals surface area (Å²) in [5.41, 5.74) is -0.106. The van der Waals surface area contributed by atoms with Crippen LogP contribution in [-0.2, 0) is 9.53 Å². The minimum Gasteiger partial charge on any atom is -0.378 e. The maximum Gasteiger partial charge on any atom is 0.223 e. The van der Waals surface area contributed by atoms with Crippen molar-refractivity contribution < 1.29 is 9.53 Å². The molecular weight excluding hydrogens is 178 g/mol. The van der Waals surface area contributed by atoms with E-state index < -0.39 is 0 Å². The first-order valence-electron chi connectivity index (χ1n) is 5.46. The average molecular weight is 197 g/mol. The highest BCUT2D eigenvalue weighted by Gasteiger charge is 2.49. The fourth-order valence-corrected chi connectivity index (χ4v) is 2.98. The largest absolute Gasteiger partial charge is 0.378 e. The summed E-state index contributed by atoms with van der Waals surface area (Å²) in [5, 5.41) is 3.05. The van der Waals surface area contributed by atoms with Gasteiger partial charge in [-0.05, 0) is 26.7 Å². The van der Waals surface area contributed by atoms with Crippen molar-refractivity contribution in [3.05, 3.63) is 0 Å². The molecule has 0 bridgehead atoms. The molecular formula is C11H19NO2. The number of ether oxygens (including phenoxy) is 1. The number of hydrogen-bond acceptors (Lipinski definition) is 2. The van der Waals surface area contributed by atoms with Gasteiger partial charge >= 0.3 is 0 Å². The third kappa shape index (κ3) is 1.44. The lowest BCUT2D eigenvalue weighted by molar-refractivity contribution is -0.123. The van der Waals surface area contributed by atoms with Crippen LogP contribution in [0.25, 0.3) is 0 Å². The molecule has 3 nitrogen and oxygen atoms in total. The van der Waals surface area contributed by atoms with Crippen molar-refractivity contribution in [3.63, 3.8) is 0 Å².